The van der Waals surface area contributed by atoms with E-state index in [2.05, 4.69) is 10.3 Å². The monoisotopic (exact) mass is 327 g/mol. The van der Waals surface area contributed by atoms with Crippen LogP contribution in [0.1, 0.15) is 5.69 Å². The van der Waals surface area contributed by atoms with Gasteiger partial charge in [-0.25, -0.2) is 0 Å². The number of hydrogen-bond acceptors (Lipinski definition) is 4. The predicted molar refractivity (Wildman–Crippen MR) is 88.5 cm³/mol. The first-order valence-electron chi connectivity index (χ1n) is 6.87. The highest BCUT2D eigenvalue weighted by Crippen LogP contribution is 2.31. The molecule has 116 valence electrons. The average molecular weight is 327 g/mol. The Hall–Kier alpha value is -2.80. The van der Waals surface area contributed by atoms with Crippen LogP contribution < -0.4 is 5.32 Å². The fourth-order valence-electron chi connectivity index (χ4n) is 2.08. The maximum Gasteiger partial charge on any atom is 0.294 e. The number of nitrogens with one attached hydrogen (secondary N) is 2. The zero-order valence-electron chi connectivity index (χ0n) is 12.0. The predicted octanol–water partition coefficient (Wildman–Crippen LogP) is 2.69. The van der Waals surface area contributed by atoms with Gasteiger partial charge in [0.1, 0.15) is 6.54 Å². The van der Waals surface area contributed by atoms with Crippen LogP contribution in [0.3, 0.4) is 0 Å². The summed E-state index contributed by atoms with van der Waals surface area (Å²) in [6.07, 6.45) is 3.32. The van der Waals surface area contributed by atoms with E-state index in [-0.39, 0.29) is 6.54 Å². The van der Waals surface area contributed by atoms with Gasteiger partial charge in [-0.1, -0.05) is 18.2 Å². The first-order valence-corrected chi connectivity index (χ1v) is 7.69. The first-order chi connectivity index (χ1) is 11.1. The van der Waals surface area contributed by atoms with Gasteiger partial charge < -0.3 is 10.3 Å². The van der Waals surface area contributed by atoms with Crippen molar-refractivity contribution in [2.24, 2.45) is 0 Å². The van der Waals surface area contributed by atoms with Crippen molar-refractivity contribution in [2.75, 3.05) is 11.9 Å². The molecule has 1 aromatic carbocycles. The second-order valence-electron chi connectivity index (χ2n) is 4.81. The molecule has 1 saturated heterocycles. The molecule has 0 radical (unpaired) electrons. The smallest absolute Gasteiger partial charge is 0.294 e. The number of aromatic amines is 1. The molecular weight excluding hydrogens is 314 g/mol. The maximum absolute atomic E-state index is 12.3. The standard InChI is InChI=1S/C16H13N3O3S/c20-14(18-11-5-2-1-3-6-11)10-19-15(21)13(23-16(19)22)9-12-7-4-8-17-12/h1-9,17H,10H2,(H,18,20)/b13-9+. The van der Waals surface area contributed by atoms with Gasteiger partial charge in [-0.2, -0.15) is 0 Å². The lowest BCUT2D eigenvalue weighted by atomic mass is 10.3. The van der Waals surface area contributed by atoms with Crippen LogP contribution in [0.4, 0.5) is 10.5 Å². The van der Waals surface area contributed by atoms with Crippen molar-refractivity contribution in [2.45, 2.75) is 0 Å². The molecule has 2 aromatic rings. The molecule has 1 aromatic heterocycles. The van der Waals surface area contributed by atoms with Crippen LogP contribution in [-0.4, -0.2) is 33.5 Å². The van der Waals surface area contributed by atoms with E-state index in [1.165, 1.54) is 0 Å². The van der Waals surface area contributed by atoms with E-state index in [9.17, 15) is 14.4 Å². The maximum atomic E-state index is 12.3. The summed E-state index contributed by atoms with van der Waals surface area (Å²) < 4.78 is 0. The van der Waals surface area contributed by atoms with E-state index < -0.39 is 17.1 Å². The van der Waals surface area contributed by atoms with E-state index in [0.29, 0.717) is 10.6 Å². The van der Waals surface area contributed by atoms with E-state index in [1.54, 1.807) is 48.7 Å². The summed E-state index contributed by atoms with van der Waals surface area (Å²) in [4.78, 5) is 40.4. The van der Waals surface area contributed by atoms with Gasteiger partial charge in [-0.15, -0.1) is 0 Å². The van der Waals surface area contributed by atoms with Gasteiger partial charge in [-0.05, 0) is 42.1 Å². The molecule has 0 spiro atoms. The molecule has 0 unspecified atom stereocenters. The number of thioether (sulfide) groups is 1. The van der Waals surface area contributed by atoms with Gasteiger partial charge in [0.05, 0.1) is 4.91 Å². The van der Waals surface area contributed by atoms with Crippen LogP contribution in [0.25, 0.3) is 6.08 Å². The first kappa shape index (κ1) is 15.1. The lowest BCUT2D eigenvalue weighted by molar-refractivity contribution is -0.127. The minimum atomic E-state index is -0.460. The molecule has 0 atom stereocenters. The molecule has 23 heavy (non-hydrogen) atoms. The minimum absolute atomic E-state index is 0.296. The summed E-state index contributed by atoms with van der Waals surface area (Å²) in [7, 11) is 0. The Balaban J connectivity index is 1.67. The zero-order chi connectivity index (χ0) is 16.2. The Kier molecular flexibility index (Phi) is 4.29. The quantitative estimate of drug-likeness (QED) is 0.846. The third kappa shape index (κ3) is 3.51. The number of imide groups is 1. The van der Waals surface area contributed by atoms with E-state index in [0.717, 1.165) is 22.4 Å². The number of amides is 3. The normalized spacial score (nSPS) is 16.2. The molecule has 0 bridgehead atoms. The highest BCUT2D eigenvalue weighted by Gasteiger charge is 2.36. The Labute approximate surface area is 136 Å². The number of carbonyl (C=O) groups is 3. The number of anilines is 1. The number of carbonyl (C=O) groups excluding carboxylic acids is 3. The molecule has 0 saturated carbocycles. The van der Waals surface area contributed by atoms with E-state index in [1.807, 2.05) is 6.07 Å². The number of benzene rings is 1. The molecular formula is C16H13N3O3S. The molecule has 1 aliphatic heterocycles. The van der Waals surface area contributed by atoms with Crippen LogP contribution in [0.2, 0.25) is 0 Å². The van der Waals surface area contributed by atoms with E-state index in [4.69, 9.17) is 0 Å². The second kappa shape index (κ2) is 6.53. The summed E-state index contributed by atoms with van der Waals surface area (Å²) in [6.45, 7) is -0.304. The molecule has 1 fully saturated rings. The number of aromatic nitrogens is 1. The Morgan fingerprint density at radius 3 is 2.65 bits per heavy atom. The van der Waals surface area contributed by atoms with Crippen LogP contribution in [-0.2, 0) is 9.59 Å². The molecule has 0 aliphatic carbocycles. The summed E-state index contributed by atoms with van der Waals surface area (Å²) in [5, 5.41) is 2.20. The van der Waals surface area contributed by atoms with Gasteiger partial charge in [-0.3, -0.25) is 19.3 Å². The van der Waals surface area contributed by atoms with Crippen molar-refractivity contribution >= 4 is 40.6 Å². The van der Waals surface area contributed by atoms with Crippen LogP contribution >= 0.6 is 11.8 Å². The third-order valence-corrected chi connectivity index (χ3v) is 4.05. The van der Waals surface area contributed by atoms with Crippen molar-refractivity contribution < 1.29 is 14.4 Å². The molecule has 7 heteroatoms. The van der Waals surface area contributed by atoms with Gasteiger partial charge in [0.25, 0.3) is 11.1 Å². The number of para-hydroxylation sites is 1. The summed E-state index contributed by atoms with van der Waals surface area (Å²) in [6, 6.07) is 12.5. The van der Waals surface area contributed by atoms with Gasteiger partial charge in [0.15, 0.2) is 0 Å². The van der Waals surface area contributed by atoms with E-state index >= 15 is 0 Å². The molecule has 2 heterocycles. The Morgan fingerprint density at radius 1 is 1.17 bits per heavy atom. The summed E-state index contributed by atoms with van der Waals surface area (Å²) >= 11 is 0.827. The van der Waals surface area contributed by atoms with Gasteiger partial charge in [0, 0.05) is 17.6 Å². The van der Waals surface area contributed by atoms with Gasteiger partial charge >= 0.3 is 0 Å². The van der Waals surface area contributed by atoms with Crippen LogP contribution in [0, 0.1) is 0 Å². The van der Waals surface area contributed by atoms with Crippen LogP contribution in [0.5, 0.6) is 0 Å². The molecule has 3 amide bonds. The fourth-order valence-corrected chi connectivity index (χ4v) is 2.91. The Bertz CT molecular complexity index is 769. The lowest BCUT2D eigenvalue weighted by Gasteiger charge is -2.12. The SMILES string of the molecule is O=C(CN1C(=O)S/C(=C/c2ccc[nH]2)C1=O)Nc1ccccc1. The van der Waals surface area contributed by atoms with Gasteiger partial charge in [0.2, 0.25) is 5.91 Å². The minimum Gasteiger partial charge on any atom is -0.362 e. The topological polar surface area (TPSA) is 82.3 Å². The molecule has 3 rings (SSSR count). The zero-order valence-corrected chi connectivity index (χ0v) is 12.8. The third-order valence-electron chi connectivity index (χ3n) is 3.14. The highest BCUT2D eigenvalue weighted by molar-refractivity contribution is 8.18. The number of H-pyrrole nitrogens is 1. The number of rotatable bonds is 4. The highest BCUT2D eigenvalue weighted by atomic mass is 32.2. The van der Waals surface area contributed by atoms with Crippen molar-refractivity contribution in [1.29, 1.82) is 0 Å². The summed E-state index contributed by atoms with van der Waals surface area (Å²) in [5.41, 5.74) is 1.34. The van der Waals surface area contributed by atoms with Crippen molar-refractivity contribution in [3.05, 3.63) is 59.3 Å². The van der Waals surface area contributed by atoms with Crippen LogP contribution in [0.15, 0.2) is 53.6 Å². The van der Waals surface area contributed by atoms with Crippen molar-refractivity contribution in [1.82, 2.24) is 9.88 Å². The second-order valence-corrected chi connectivity index (χ2v) is 5.80. The molecule has 2 N–H and O–H groups in total. The number of hydrogen-bond donors (Lipinski definition) is 2. The Morgan fingerprint density at radius 2 is 1.96 bits per heavy atom. The summed E-state index contributed by atoms with van der Waals surface area (Å²) in [5.74, 6) is -0.877. The lowest BCUT2D eigenvalue weighted by Crippen LogP contribution is -2.36. The van der Waals surface area contributed by atoms with Crippen molar-refractivity contribution in [3.8, 4) is 0 Å². The molecule has 1 aliphatic rings. The number of nitrogens with zero attached hydrogens (tertiary/aromatic N) is 1. The molecule has 6 nitrogen and oxygen atoms in total. The van der Waals surface area contributed by atoms with Crippen molar-refractivity contribution in [3.63, 3.8) is 0 Å². The fraction of sp³-hybridized carbons (Fsp3) is 0.0625. The largest absolute Gasteiger partial charge is 0.362 e. The average Bonchev–Trinajstić information content (AvgIpc) is 3.13.